The highest BCUT2D eigenvalue weighted by atomic mass is 16.5. The minimum Gasteiger partial charge on any atom is -0.477 e. The van der Waals surface area contributed by atoms with E-state index in [-0.39, 0.29) is 37.9 Å². The van der Waals surface area contributed by atoms with E-state index in [2.05, 4.69) is 35.3 Å². The SMILES string of the molecule is C.CCOC(=O)C(=O)CC(C)=O.CCOC(=O)c1cc(C)nn1-c1cncc2ccccc12.Cc1cc(C(=O)O)n(-c2cncc3ccccc23)n1.NNc1cncc2ccccc12. The number of hydrazine groups is 1. The molecular weight excluding hydrogens is 819 g/mol. The fourth-order valence-electron chi connectivity index (χ4n) is 6.15. The van der Waals surface area contributed by atoms with Gasteiger partial charge in [-0.1, -0.05) is 80.2 Å². The Labute approximate surface area is 368 Å². The van der Waals surface area contributed by atoms with Gasteiger partial charge in [0.1, 0.15) is 5.78 Å². The predicted octanol–water partition coefficient (Wildman–Crippen LogP) is 7.59. The lowest BCUT2D eigenvalue weighted by Crippen LogP contribution is -2.19. The van der Waals surface area contributed by atoms with E-state index in [4.69, 9.17) is 10.6 Å². The number of pyridine rings is 3. The van der Waals surface area contributed by atoms with Crippen LogP contribution in [0.2, 0.25) is 0 Å². The summed E-state index contributed by atoms with van der Waals surface area (Å²) in [5.41, 5.74) is 6.86. The minimum atomic E-state index is -1.01. The number of anilines is 1. The third kappa shape index (κ3) is 12.2. The lowest BCUT2D eigenvalue weighted by atomic mass is 10.1. The van der Waals surface area contributed by atoms with Crippen LogP contribution >= 0.6 is 0 Å². The first kappa shape index (κ1) is 48.5. The Morgan fingerprint density at radius 2 is 1.08 bits per heavy atom. The fraction of sp³-hybridized carbons (Fsp3) is 0.191. The number of nitrogens with two attached hydrogens (primary N) is 1. The van der Waals surface area contributed by atoms with Crippen molar-refractivity contribution in [3.05, 3.63) is 145 Å². The molecule has 0 bridgehead atoms. The van der Waals surface area contributed by atoms with Crippen LogP contribution in [-0.4, -0.2) is 82.3 Å². The molecule has 0 aliphatic rings. The average molecular weight is 868 g/mol. The second kappa shape index (κ2) is 23.2. The van der Waals surface area contributed by atoms with Crippen molar-refractivity contribution >= 4 is 67.5 Å². The summed E-state index contributed by atoms with van der Waals surface area (Å²) in [7, 11) is 0. The van der Waals surface area contributed by atoms with Crippen molar-refractivity contribution < 1.29 is 38.6 Å². The van der Waals surface area contributed by atoms with Crippen LogP contribution in [0.1, 0.15) is 67.0 Å². The molecule has 5 aromatic heterocycles. The predicted molar refractivity (Wildman–Crippen MR) is 243 cm³/mol. The molecule has 0 spiro atoms. The number of aromatic carboxylic acids is 1. The average Bonchev–Trinajstić information content (AvgIpc) is 3.88. The molecule has 8 aromatic rings. The molecule has 0 aliphatic carbocycles. The Kier molecular flexibility index (Phi) is 17.5. The number of ether oxygens (including phenoxy) is 2. The molecule has 4 N–H and O–H groups in total. The van der Waals surface area contributed by atoms with Crippen LogP contribution in [0.25, 0.3) is 43.7 Å². The lowest BCUT2D eigenvalue weighted by Gasteiger charge is -2.09. The number of carboxylic acid groups (broad SMARTS) is 1. The summed E-state index contributed by atoms with van der Waals surface area (Å²) >= 11 is 0. The number of rotatable bonds is 10. The van der Waals surface area contributed by atoms with Gasteiger partial charge in [-0.15, -0.1) is 0 Å². The van der Waals surface area contributed by atoms with E-state index in [0.717, 1.165) is 49.4 Å². The molecule has 0 unspecified atom stereocenters. The second-order valence-corrected chi connectivity index (χ2v) is 13.5. The van der Waals surface area contributed by atoms with Crippen LogP contribution in [0.5, 0.6) is 0 Å². The first-order chi connectivity index (χ1) is 30.4. The van der Waals surface area contributed by atoms with Crippen molar-refractivity contribution in [3.8, 4) is 11.4 Å². The maximum atomic E-state index is 12.1. The quantitative estimate of drug-likeness (QED) is 0.0395. The molecule has 0 fully saturated rings. The maximum absolute atomic E-state index is 12.1. The summed E-state index contributed by atoms with van der Waals surface area (Å²) in [5.74, 6) is 1.90. The molecule has 3 aromatic carbocycles. The number of hydrogen-bond donors (Lipinski definition) is 3. The van der Waals surface area contributed by atoms with Crippen molar-refractivity contribution in [1.82, 2.24) is 34.5 Å². The first-order valence-corrected chi connectivity index (χ1v) is 19.5. The second-order valence-electron chi connectivity index (χ2n) is 13.5. The summed E-state index contributed by atoms with van der Waals surface area (Å²) in [4.78, 5) is 67.3. The lowest BCUT2D eigenvalue weighted by molar-refractivity contribution is -0.154. The molecular formula is C47H49N9O8. The molecule has 5 heterocycles. The number of ketones is 2. The number of hydrogen-bond acceptors (Lipinski definition) is 14. The van der Waals surface area contributed by atoms with Gasteiger partial charge in [-0.2, -0.15) is 10.2 Å². The van der Waals surface area contributed by atoms with E-state index in [0.29, 0.717) is 23.7 Å². The normalized spacial score (nSPS) is 10.2. The molecule has 0 saturated carbocycles. The maximum Gasteiger partial charge on any atom is 0.375 e. The van der Waals surface area contributed by atoms with Gasteiger partial charge in [0.05, 0.1) is 66.7 Å². The zero-order valence-corrected chi connectivity index (χ0v) is 35.2. The van der Waals surface area contributed by atoms with E-state index >= 15 is 0 Å². The Hall–Kier alpha value is -8.18. The topological polar surface area (TPSA) is 236 Å². The summed E-state index contributed by atoms with van der Waals surface area (Å²) in [6, 6.07) is 26.8. The molecule has 330 valence electrons. The molecule has 8 rings (SSSR count). The van der Waals surface area contributed by atoms with Crippen LogP contribution in [0.15, 0.2) is 122 Å². The monoisotopic (exact) mass is 867 g/mol. The fourth-order valence-corrected chi connectivity index (χ4v) is 6.15. The largest absolute Gasteiger partial charge is 0.477 e. The van der Waals surface area contributed by atoms with Gasteiger partial charge in [0.15, 0.2) is 11.4 Å². The number of carboxylic acids is 1. The number of esters is 2. The van der Waals surface area contributed by atoms with Crippen molar-refractivity contribution in [2.24, 2.45) is 5.84 Å². The van der Waals surface area contributed by atoms with Crippen LogP contribution in [0.4, 0.5) is 5.69 Å². The standard InChI is InChI=1S/C16H15N3O2.C14H11N3O2.C9H9N3.C7H10O4.CH4/c1-3-21-16(20)14-8-11(2)18-19(14)15-10-17-9-12-6-4-5-7-13(12)15;1-9-6-12(14(18)19)17(16-9)13-8-15-7-10-4-2-3-5-11(10)13;10-12-9-6-11-5-7-3-1-2-4-8(7)9;1-3-11-7(10)6(9)4-5(2)8;/h4-10H,3H2,1-2H3;2-8H,1H3,(H,18,19);1-6,12H,10H2;3-4H2,1-2H3;1H4. The van der Waals surface area contributed by atoms with Crippen molar-refractivity contribution in [2.75, 3.05) is 18.6 Å². The van der Waals surface area contributed by atoms with Gasteiger partial charge in [-0.3, -0.25) is 30.4 Å². The van der Waals surface area contributed by atoms with E-state index in [1.807, 2.05) is 85.9 Å². The molecule has 64 heavy (non-hydrogen) atoms. The Balaban J connectivity index is 0.000000193. The van der Waals surface area contributed by atoms with Crippen LogP contribution < -0.4 is 11.3 Å². The number of nitrogens with zero attached hydrogens (tertiary/aromatic N) is 7. The van der Waals surface area contributed by atoms with Crippen LogP contribution in [0.3, 0.4) is 0 Å². The van der Waals surface area contributed by atoms with E-state index in [1.165, 1.54) is 11.6 Å². The third-order valence-corrected chi connectivity index (χ3v) is 8.85. The Morgan fingerprint density at radius 1 is 0.641 bits per heavy atom. The van der Waals surface area contributed by atoms with Gasteiger partial charge < -0.3 is 20.0 Å². The van der Waals surface area contributed by atoms with Gasteiger partial charge in [-0.25, -0.2) is 23.7 Å². The van der Waals surface area contributed by atoms with Crippen LogP contribution in [-0.2, 0) is 23.9 Å². The highest BCUT2D eigenvalue weighted by molar-refractivity contribution is 6.36. The number of nitrogens with one attached hydrogen (secondary N) is 1. The highest BCUT2D eigenvalue weighted by Gasteiger charge is 2.19. The first-order valence-electron chi connectivity index (χ1n) is 19.5. The Bertz CT molecular complexity index is 2890. The molecule has 0 aliphatic heterocycles. The van der Waals surface area contributed by atoms with Crippen LogP contribution in [0, 0.1) is 13.8 Å². The molecule has 0 saturated heterocycles. The molecule has 0 radical (unpaired) electrons. The molecule has 0 amide bonds. The van der Waals surface area contributed by atoms with E-state index < -0.39 is 17.7 Å². The number of carbonyl (C=O) groups is 5. The summed E-state index contributed by atoms with van der Waals surface area (Å²) in [5, 5.41) is 23.9. The highest BCUT2D eigenvalue weighted by Crippen LogP contribution is 2.24. The van der Waals surface area contributed by atoms with Gasteiger partial charge in [0.2, 0.25) is 5.78 Å². The Morgan fingerprint density at radius 3 is 1.55 bits per heavy atom. The number of carbonyl (C=O) groups excluding carboxylic acids is 4. The van der Waals surface area contributed by atoms with Gasteiger partial charge >= 0.3 is 17.9 Å². The molecule has 17 heteroatoms. The van der Waals surface area contributed by atoms with Crippen molar-refractivity contribution in [2.45, 2.75) is 48.5 Å². The van der Waals surface area contributed by atoms with Crippen molar-refractivity contribution in [3.63, 3.8) is 0 Å². The summed E-state index contributed by atoms with van der Waals surface area (Å²) in [6.07, 6.45) is 10.0. The van der Waals surface area contributed by atoms with E-state index in [9.17, 15) is 29.1 Å². The zero-order valence-electron chi connectivity index (χ0n) is 35.2. The van der Waals surface area contributed by atoms with Gasteiger partial charge in [-0.05, 0) is 46.8 Å². The third-order valence-electron chi connectivity index (χ3n) is 8.85. The number of fused-ring (bicyclic) bond motifs is 3. The number of aryl methyl sites for hydroxylation is 2. The smallest absolute Gasteiger partial charge is 0.375 e. The number of benzene rings is 3. The molecule has 0 atom stereocenters. The van der Waals surface area contributed by atoms with Gasteiger partial charge in [0.25, 0.3) is 0 Å². The number of Topliss-reactive ketones (excluding diaryl/α,β-unsaturated/α-hetero) is 2. The molecule has 17 nitrogen and oxygen atoms in total. The number of nitrogen functional groups attached to an aromatic ring is 1. The zero-order chi connectivity index (χ0) is 45.5. The van der Waals surface area contributed by atoms with E-state index in [1.54, 1.807) is 68.6 Å². The summed E-state index contributed by atoms with van der Waals surface area (Å²) < 4.78 is 12.5. The van der Waals surface area contributed by atoms with Crippen molar-refractivity contribution in [1.29, 1.82) is 0 Å². The van der Waals surface area contributed by atoms with Gasteiger partial charge in [0, 0.05) is 50.9 Å². The minimum absolute atomic E-state index is 0. The summed E-state index contributed by atoms with van der Waals surface area (Å²) in [6.45, 7) is 8.72. The number of aromatic nitrogens is 7.